The quantitative estimate of drug-likeness (QED) is 0.782. The van der Waals surface area contributed by atoms with Gasteiger partial charge in [-0.25, -0.2) is 4.79 Å². The molecule has 0 aliphatic rings. The van der Waals surface area contributed by atoms with Crippen molar-refractivity contribution in [2.24, 2.45) is 0 Å². The second kappa shape index (κ2) is 9.67. The number of carbonyl (C=O) groups excluding carboxylic acids is 1. The lowest BCUT2D eigenvalue weighted by Gasteiger charge is -2.17. The van der Waals surface area contributed by atoms with Gasteiger partial charge in [0.1, 0.15) is 0 Å². The van der Waals surface area contributed by atoms with Gasteiger partial charge in [0, 0.05) is 18.4 Å². The van der Waals surface area contributed by atoms with Crippen LogP contribution in [0.3, 0.4) is 0 Å². The SMILES string of the molecule is CCN(CC)CCc1ccc(NC(=O)NCc2ccccn2)cc1. The van der Waals surface area contributed by atoms with Gasteiger partial charge in [0.2, 0.25) is 0 Å². The third-order valence-corrected chi connectivity index (χ3v) is 3.98. The van der Waals surface area contributed by atoms with Gasteiger partial charge in [0.05, 0.1) is 12.2 Å². The summed E-state index contributed by atoms with van der Waals surface area (Å²) in [6.07, 6.45) is 2.74. The van der Waals surface area contributed by atoms with Crippen molar-refractivity contribution < 1.29 is 4.79 Å². The first-order valence-electron chi connectivity index (χ1n) is 8.47. The maximum Gasteiger partial charge on any atom is 0.319 e. The fourth-order valence-corrected chi connectivity index (χ4v) is 2.43. The van der Waals surface area contributed by atoms with E-state index in [4.69, 9.17) is 0 Å². The summed E-state index contributed by atoms with van der Waals surface area (Å²) in [5, 5.41) is 5.64. The van der Waals surface area contributed by atoms with Crippen LogP contribution in [0.25, 0.3) is 0 Å². The summed E-state index contributed by atoms with van der Waals surface area (Å²) < 4.78 is 0. The predicted octanol–water partition coefficient (Wildman–Crippen LogP) is 3.29. The average molecular weight is 326 g/mol. The highest BCUT2D eigenvalue weighted by molar-refractivity contribution is 5.89. The monoisotopic (exact) mass is 326 g/mol. The van der Waals surface area contributed by atoms with Gasteiger partial charge in [0.15, 0.2) is 0 Å². The van der Waals surface area contributed by atoms with Crippen molar-refractivity contribution >= 4 is 11.7 Å². The number of hydrogen-bond donors (Lipinski definition) is 2. The second-order valence-electron chi connectivity index (χ2n) is 5.60. The highest BCUT2D eigenvalue weighted by Gasteiger charge is 2.03. The first-order chi connectivity index (χ1) is 11.7. The van der Waals surface area contributed by atoms with E-state index in [1.165, 1.54) is 5.56 Å². The number of likely N-dealkylation sites (N-methyl/N-ethyl adjacent to an activating group) is 1. The molecule has 1 aromatic carbocycles. The molecule has 0 aliphatic carbocycles. The van der Waals surface area contributed by atoms with Crippen LogP contribution in [0.1, 0.15) is 25.1 Å². The summed E-state index contributed by atoms with van der Waals surface area (Å²) in [4.78, 5) is 18.5. The number of amides is 2. The average Bonchev–Trinajstić information content (AvgIpc) is 2.63. The first-order valence-corrected chi connectivity index (χ1v) is 8.47. The van der Waals surface area contributed by atoms with Gasteiger partial charge in [-0.2, -0.15) is 0 Å². The van der Waals surface area contributed by atoms with Gasteiger partial charge in [0.25, 0.3) is 0 Å². The van der Waals surface area contributed by atoms with Crippen LogP contribution in [0.15, 0.2) is 48.7 Å². The molecular weight excluding hydrogens is 300 g/mol. The number of anilines is 1. The number of carbonyl (C=O) groups is 1. The molecule has 2 rings (SSSR count). The van der Waals surface area contributed by atoms with E-state index >= 15 is 0 Å². The molecule has 0 bridgehead atoms. The van der Waals surface area contributed by atoms with E-state index in [0.29, 0.717) is 6.54 Å². The Morgan fingerprint density at radius 1 is 1.08 bits per heavy atom. The lowest BCUT2D eigenvalue weighted by molar-refractivity contribution is 0.251. The van der Waals surface area contributed by atoms with Crippen LogP contribution in [-0.4, -0.2) is 35.5 Å². The number of urea groups is 1. The van der Waals surface area contributed by atoms with Crippen LogP contribution in [-0.2, 0) is 13.0 Å². The van der Waals surface area contributed by atoms with Gasteiger partial charge in [-0.3, -0.25) is 4.98 Å². The molecule has 2 N–H and O–H groups in total. The molecule has 0 aliphatic heterocycles. The highest BCUT2D eigenvalue weighted by atomic mass is 16.2. The van der Waals surface area contributed by atoms with Crippen molar-refractivity contribution in [1.82, 2.24) is 15.2 Å². The molecule has 0 unspecified atom stereocenters. The number of rotatable bonds is 8. The first kappa shape index (κ1) is 17.9. The minimum Gasteiger partial charge on any atom is -0.332 e. The van der Waals surface area contributed by atoms with Gasteiger partial charge in [-0.05, 0) is 49.3 Å². The van der Waals surface area contributed by atoms with Gasteiger partial charge >= 0.3 is 6.03 Å². The summed E-state index contributed by atoms with van der Waals surface area (Å²) in [6.45, 7) is 7.98. The molecule has 0 radical (unpaired) electrons. The van der Waals surface area contributed by atoms with Crippen LogP contribution in [0.2, 0.25) is 0 Å². The number of pyridine rings is 1. The van der Waals surface area contributed by atoms with Crippen LogP contribution in [0.5, 0.6) is 0 Å². The van der Waals surface area contributed by atoms with Crippen molar-refractivity contribution in [3.8, 4) is 0 Å². The van der Waals surface area contributed by atoms with Crippen molar-refractivity contribution in [3.63, 3.8) is 0 Å². The predicted molar refractivity (Wildman–Crippen MR) is 98.0 cm³/mol. The molecule has 0 saturated carbocycles. The van der Waals surface area contributed by atoms with Crippen LogP contribution in [0.4, 0.5) is 10.5 Å². The maximum atomic E-state index is 11.9. The third kappa shape index (κ3) is 6.01. The third-order valence-electron chi connectivity index (χ3n) is 3.98. The second-order valence-corrected chi connectivity index (χ2v) is 5.60. The standard InChI is InChI=1S/C19H26N4O/c1-3-23(4-2)14-12-16-8-10-17(11-9-16)22-19(24)21-15-18-7-5-6-13-20-18/h5-11,13H,3-4,12,14-15H2,1-2H3,(H2,21,22,24). The summed E-state index contributed by atoms with van der Waals surface area (Å²) in [5.74, 6) is 0. The Hall–Kier alpha value is -2.40. The summed E-state index contributed by atoms with van der Waals surface area (Å²) in [6, 6.07) is 13.4. The van der Waals surface area contributed by atoms with Crippen molar-refractivity contribution in [1.29, 1.82) is 0 Å². The van der Waals surface area contributed by atoms with E-state index in [2.05, 4.69) is 46.5 Å². The minimum atomic E-state index is -0.225. The van der Waals surface area contributed by atoms with Crippen LogP contribution >= 0.6 is 0 Å². The number of hydrogen-bond acceptors (Lipinski definition) is 3. The Kier molecular flexibility index (Phi) is 7.23. The lowest BCUT2D eigenvalue weighted by Crippen LogP contribution is -2.28. The van der Waals surface area contributed by atoms with E-state index in [-0.39, 0.29) is 6.03 Å². The molecule has 1 heterocycles. The van der Waals surface area contributed by atoms with E-state index in [9.17, 15) is 4.79 Å². The molecular formula is C19H26N4O. The molecule has 2 amide bonds. The van der Waals surface area contributed by atoms with Gasteiger partial charge in [-0.15, -0.1) is 0 Å². The number of benzene rings is 1. The van der Waals surface area contributed by atoms with Crippen molar-refractivity contribution in [2.75, 3.05) is 25.0 Å². The Bertz CT molecular complexity index is 609. The fraction of sp³-hybridized carbons (Fsp3) is 0.368. The molecule has 0 spiro atoms. The van der Waals surface area contributed by atoms with Crippen molar-refractivity contribution in [2.45, 2.75) is 26.8 Å². The Labute approximate surface area is 144 Å². The zero-order chi connectivity index (χ0) is 17.2. The van der Waals surface area contributed by atoms with E-state index < -0.39 is 0 Å². The highest BCUT2D eigenvalue weighted by Crippen LogP contribution is 2.10. The zero-order valence-electron chi connectivity index (χ0n) is 14.5. The Morgan fingerprint density at radius 3 is 2.46 bits per heavy atom. The molecule has 0 fully saturated rings. The van der Waals surface area contributed by atoms with E-state index in [1.54, 1.807) is 6.20 Å². The van der Waals surface area contributed by atoms with Gasteiger partial charge < -0.3 is 15.5 Å². The molecule has 24 heavy (non-hydrogen) atoms. The summed E-state index contributed by atoms with van der Waals surface area (Å²) >= 11 is 0. The lowest BCUT2D eigenvalue weighted by atomic mass is 10.1. The zero-order valence-corrected chi connectivity index (χ0v) is 14.5. The maximum absolute atomic E-state index is 11.9. The molecule has 0 atom stereocenters. The molecule has 5 heteroatoms. The Balaban J connectivity index is 1.77. The van der Waals surface area contributed by atoms with Crippen molar-refractivity contribution in [3.05, 3.63) is 59.9 Å². The minimum absolute atomic E-state index is 0.225. The van der Waals surface area contributed by atoms with Crippen LogP contribution < -0.4 is 10.6 Å². The molecule has 5 nitrogen and oxygen atoms in total. The molecule has 2 aromatic rings. The largest absolute Gasteiger partial charge is 0.332 e. The topological polar surface area (TPSA) is 57.3 Å². The number of nitrogens with zero attached hydrogens (tertiary/aromatic N) is 2. The van der Waals surface area contributed by atoms with Crippen LogP contribution in [0, 0.1) is 0 Å². The van der Waals surface area contributed by atoms with Gasteiger partial charge in [-0.1, -0.05) is 32.0 Å². The van der Waals surface area contributed by atoms with E-state index in [0.717, 1.165) is 37.4 Å². The van der Waals surface area contributed by atoms with E-state index in [1.807, 2.05) is 30.3 Å². The fourth-order valence-electron chi connectivity index (χ4n) is 2.43. The molecule has 0 saturated heterocycles. The molecule has 1 aromatic heterocycles. The Morgan fingerprint density at radius 2 is 1.83 bits per heavy atom. The smallest absolute Gasteiger partial charge is 0.319 e. The normalized spacial score (nSPS) is 10.6. The summed E-state index contributed by atoms with van der Waals surface area (Å²) in [7, 11) is 0. The molecule has 128 valence electrons. The number of nitrogens with one attached hydrogen (secondary N) is 2. The summed E-state index contributed by atoms with van der Waals surface area (Å²) in [5.41, 5.74) is 2.90. The number of aromatic nitrogens is 1.